The van der Waals surface area contributed by atoms with Gasteiger partial charge in [0, 0.05) is 13.2 Å². The molecule has 0 bridgehead atoms. The van der Waals surface area contributed by atoms with Gasteiger partial charge < -0.3 is 9.84 Å². The highest BCUT2D eigenvalue weighted by Gasteiger charge is 2.28. The molecule has 2 saturated carbocycles. The third kappa shape index (κ3) is 4.89. The van der Waals surface area contributed by atoms with Gasteiger partial charge in [-0.2, -0.15) is 0 Å². The van der Waals surface area contributed by atoms with E-state index in [1.807, 2.05) is 37.0 Å². The van der Waals surface area contributed by atoms with Gasteiger partial charge in [0.05, 0.1) is 41.3 Å². The molecular weight excluding hydrogens is 422 g/mol. The van der Waals surface area contributed by atoms with Crippen molar-refractivity contribution in [2.75, 3.05) is 0 Å². The summed E-state index contributed by atoms with van der Waals surface area (Å²) in [6, 6.07) is 3.77. The van der Waals surface area contributed by atoms with Crippen molar-refractivity contribution in [2.24, 2.45) is 18.9 Å². The second-order valence-electron chi connectivity index (χ2n) is 9.28. The third-order valence-electron chi connectivity index (χ3n) is 6.58. The smallest absolute Gasteiger partial charge is 0.306 e. The number of carboxylic acid groups (broad SMARTS) is 1. The zero-order chi connectivity index (χ0) is 22.9. The van der Waals surface area contributed by atoms with E-state index >= 15 is 0 Å². The van der Waals surface area contributed by atoms with E-state index < -0.39 is 5.97 Å². The minimum Gasteiger partial charge on any atom is -0.489 e. The molecule has 174 valence electrons. The largest absolute Gasteiger partial charge is 0.489 e. The fourth-order valence-corrected chi connectivity index (χ4v) is 4.49. The van der Waals surface area contributed by atoms with Crippen LogP contribution in [0, 0.1) is 18.8 Å². The molecule has 0 aliphatic heterocycles. The maximum Gasteiger partial charge on any atom is 0.306 e. The summed E-state index contributed by atoms with van der Waals surface area (Å²) in [6.07, 6.45) is 8.43. The van der Waals surface area contributed by atoms with Crippen LogP contribution < -0.4 is 4.74 Å². The fraction of sp³-hybridized carbons (Fsp3) is 0.565. The molecule has 2 aliphatic rings. The normalized spacial score (nSPS) is 20.7. The first-order valence-corrected chi connectivity index (χ1v) is 11.6. The number of carbonyl (C=O) groups is 1. The molecule has 3 aromatic rings. The van der Waals surface area contributed by atoms with Crippen LogP contribution in [0.1, 0.15) is 55.6 Å². The van der Waals surface area contributed by atoms with Gasteiger partial charge in [0.25, 0.3) is 0 Å². The molecule has 0 aromatic carbocycles. The van der Waals surface area contributed by atoms with Gasteiger partial charge in [-0.05, 0) is 69.9 Å². The summed E-state index contributed by atoms with van der Waals surface area (Å²) in [5.41, 5.74) is 4.09. The molecule has 0 saturated heterocycles. The predicted octanol–water partition coefficient (Wildman–Crippen LogP) is 2.80. The third-order valence-corrected chi connectivity index (χ3v) is 6.58. The molecular formula is C23H29N7O3. The minimum atomic E-state index is -0.740. The fourth-order valence-electron chi connectivity index (χ4n) is 4.49. The van der Waals surface area contributed by atoms with Crippen molar-refractivity contribution in [2.45, 2.75) is 64.5 Å². The van der Waals surface area contributed by atoms with E-state index in [0.29, 0.717) is 36.5 Å². The van der Waals surface area contributed by atoms with Crippen molar-refractivity contribution in [1.29, 1.82) is 0 Å². The van der Waals surface area contributed by atoms with E-state index in [9.17, 15) is 9.90 Å². The van der Waals surface area contributed by atoms with E-state index in [1.54, 1.807) is 4.68 Å². The molecule has 2 fully saturated rings. The van der Waals surface area contributed by atoms with Crippen molar-refractivity contribution >= 4 is 5.97 Å². The van der Waals surface area contributed by atoms with E-state index in [4.69, 9.17) is 9.72 Å². The van der Waals surface area contributed by atoms with Crippen LogP contribution in [0.3, 0.4) is 0 Å². The van der Waals surface area contributed by atoms with Crippen LogP contribution in [0.25, 0.3) is 11.4 Å². The lowest BCUT2D eigenvalue weighted by atomic mass is 9.87. The first-order chi connectivity index (χ1) is 16.0. The van der Waals surface area contributed by atoms with Crippen molar-refractivity contribution < 1.29 is 14.6 Å². The number of aromatic nitrogens is 7. The van der Waals surface area contributed by atoms with Crippen LogP contribution >= 0.6 is 0 Å². The number of aryl methyl sites for hydroxylation is 2. The zero-order valence-electron chi connectivity index (χ0n) is 19.0. The number of hydrogen-bond donors (Lipinski definition) is 1. The highest BCUT2D eigenvalue weighted by molar-refractivity contribution is 5.70. The molecule has 10 nitrogen and oxygen atoms in total. The van der Waals surface area contributed by atoms with Gasteiger partial charge >= 0.3 is 5.97 Å². The number of carboxylic acids is 1. The van der Waals surface area contributed by atoms with Crippen LogP contribution in [0.4, 0.5) is 0 Å². The standard InChI is InChI=1S/C23H29N7O3/c1-14-21(33-18-5-3-4-16(11-18)23(31)32)9-8-19(24-14)22-20(29(2)27-26-22)13-30-12-17(25-28-30)10-15-6-7-15/h8-9,12,15-16,18H,3-7,10-11,13H2,1-2H3,(H,31,32)/t16-,18-/m0/s1. The molecule has 33 heavy (non-hydrogen) atoms. The highest BCUT2D eigenvalue weighted by atomic mass is 16.5. The summed E-state index contributed by atoms with van der Waals surface area (Å²) in [7, 11) is 1.86. The molecule has 0 unspecified atom stereocenters. The first-order valence-electron chi connectivity index (χ1n) is 11.6. The number of hydrogen-bond acceptors (Lipinski definition) is 7. The summed E-state index contributed by atoms with van der Waals surface area (Å²) < 4.78 is 9.71. The molecule has 5 rings (SSSR count). The summed E-state index contributed by atoms with van der Waals surface area (Å²) in [6.45, 7) is 2.40. The van der Waals surface area contributed by atoms with Gasteiger partial charge in [0.15, 0.2) is 0 Å². The molecule has 2 aliphatic carbocycles. The van der Waals surface area contributed by atoms with Crippen molar-refractivity contribution in [3.63, 3.8) is 0 Å². The van der Waals surface area contributed by atoms with Gasteiger partial charge in [0.1, 0.15) is 11.4 Å². The Labute approximate surface area is 192 Å². The van der Waals surface area contributed by atoms with Gasteiger partial charge in [0.2, 0.25) is 0 Å². The molecule has 3 aromatic heterocycles. The summed E-state index contributed by atoms with van der Waals surface area (Å²) >= 11 is 0. The molecule has 10 heteroatoms. The zero-order valence-corrected chi connectivity index (χ0v) is 19.0. The Hall–Kier alpha value is -3.30. The summed E-state index contributed by atoms with van der Waals surface area (Å²) in [5.74, 6) is 0.373. The minimum absolute atomic E-state index is 0.101. The summed E-state index contributed by atoms with van der Waals surface area (Å²) in [5, 5.41) is 26.5. The van der Waals surface area contributed by atoms with Crippen LogP contribution in [0.15, 0.2) is 18.3 Å². The van der Waals surface area contributed by atoms with Crippen molar-refractivity contribution in [3.05, 3.63) is 35.4 Å². The number of aliphatic carboxylic acids is 1. The van der Waals surface area contributed by atoms with E-state index in [-0.39, 0.29) is 12.0 Å². The number of rotatable bonds is 8. The average molecular weight is 452 g/mol. The van der Waals surface area contributed by atoms with Gasteiger partial charge in [-0.3, -0.25) is 4.79 Å². The van der Waals surface area contributed by atoms with Crippen LogP contribution in [0.5, 0.6) is 5.75 Å². The molecule has 1 N–H and O–H groups in total. The first kappa shape index (κ1) is 21.5. The van der Waals surface area contributed by atoms with E-state index in [2.05, 4.69) is 20.6 Å². The lowest BCUT2D eigenvalue weighted by molar-refractivity contribution is -0.143. The Bertz CT molecular complexity index is 1150. The number of ether oxygens (including phenoxy) is 1. The Morgan fingerprint density at radius 3 is 2.79 bits per heavy atom. The van der Waals surface area contributed by atoms with Crippen LogP contribution in [-0.2, 0) is 24.8 Å². The number of pyridine rings is 1. The lowest BCUT2D eigenvalue weighted by Crippen LogP contribution is -2.29. The molecule has 3 heterocycles. The SMILES string of the molecule is Cc1nc(-c2nnn(C)c2Cn2cc(CC3CC3)nn2)ccc1O[C@H]1CCC[C@H](C(=O)O)C1. The molecule has 2 atom stereocenters. The second kappa shape index (κ2) is 8.92. The topological polar surface area (TPSA) is 121 Å². The second-order valence-corrected chi connectivity index (χ2v) is 9.28. The Morgan fingerprint density at radius 2 is 2.03 bits per heavy atom. The highest BCUT2D eigenvalue weighted by Crippen LogP contribution is 2.32. The lowest BCUT2D eigenvalue weighted by Gasteiger charge is -2.27. The monoisotopic (exact) mass is 451 g/mol. The van der Waals surface area contributed by atoms with E-state index in [1.165, 1.54) is 12.8 Å². The van der Waals surface area contributed by atoms with Crippen molar-refractivity contribution in [1.82, 2.24) is 35.0 Å². The van der Waals surface area contributed by atoms with Crippen LogP contribution in [-0.4, -0.2) is 52.2 Å². The molecule has 0 spiro atoms. The van der Waals surface area contributed by atoms with Gasteiger partial charge in [-0.15, -0.1) is 10.2 Å². The van der Waals surface area contributed by atoms with Gasteiger partial charge in [-0.1, -0.05) is 10.4 Å². The maximum atomic E-state index is 11.3. The van der Waals surface area contributed by atoms with Gasteiger partial charge in [-0.25, -0.2) is 14.3 Å². The molecule has 0 radical (unpaired) electrons. The Morgan fingerprint density at radius 1 is 1.18 bits per heavy atom. The van der Waals surface area contributed by atoms with Crippen molar-refractivity contribution in [3.8, 4) is 17.1 Å². The quantitative estimate of drug-likeness (QED) is 0.555. The molecule has 0 amide bonds. The maximum absolute atomic E-state index is 11.3. The van der Waals surface area contributed by atoms with E-state index in [0.717, 1.165) is 42.3 Å². The predicted molar refractivity (Wildman–Crippen MR) is 119 cm³/mol. The number of nitrogens with zero attached hydrogens (tertiary/aromatic N) is 7. The summed E-state index contributed by atoms with van der Waals surface area (Å²) in [4.78, 5) is 16.1. The Balaban J connectivity index is 1.31. The van der Waals surface area contributed by atoms with Crippen LogP contribution in [0.2, 0.25) is 0 Å². The Kier molecular flexibility index (Phi) is 5.82. The average Bonchev–Trinajstić information content (AvgIpc) is 3.39.